The zero-order chi connectivity index (χ0) is 15.1. The smallest absolute Gasteiger partial charge is 0.231 e. The van der Waals surface area contributed by atoms with E-state index in [4.69, 9.17) is 9.47 Å². The maximum atomic E-state index is 5.44. The molecule has 4 rings (SSSR count). The van der Waals surface area contributed by atoms with Crippen LogP contribution in [0.5, 0.6) is 11.5 Å². The Bertz CT molecular complexity index is 860. The summed E-state index contributed by atoms with van der Waals surface area (Å²) in [6, 6.07) is 11.9. The van der Waals surface area contributed by atoms with Gasteiger partial charge in [-0.05, 0) is 52.3 Å². The molecular weight excluding hydrogens is 345 g/mol. The molecule has 0 unspecified atom stereocenters. The number of benzene rings is 1. The molecule has 0 amide bonds. The van der Waals surface area contributed by atoms with Crippen LogP contribution in [0.1, 0.15) is 0 Å². The largest absolute Gasteiger partial charge is 0.454 e. The molecule has 3 aromatic rings. The molecule has 6 heteroatoms. The van der Waals surface area contributed by atoms with Gasteiger partial charge in [0.1, 0.15) is 4.60 Å². The predicted molar refractivity (Wildman–Crippen MR) is 85.7 cm³/mol. The molecule has 0 bridgehead atoms. The average molecular weight is 357 g/mol. The van der Waals surface area contributed by atoms with E-state index in [9.17, 15) is 0 Å². The lowest BCUT2D eigenvalue weighted by Gasteiger charge is -2.03. The topological polar surface area (TPSA) is 49.2 Å². The number of aromatic nitrogens is 3. The van der Waals surface area contributed by atoms with Gasteiger partial charge in [0, 0.05) is 24.4 Å². The third-order valence-corrected chi connectivity index (χ3v) is 4.00. The zero-order valence-electron chi connectivity index (χ0n) is 11.8. The molecule has 0 N–H and O–H groups in total. The molecule has 2 aromatic heterocycles. The van der Waals surface area contributed by atoms with Gasteiger partial charge in [0.15, 0.2) is 11.5 Å². The van der Waals surface area contributed by atoms with Gasteiger partial charge in [0.05, 0.1) is 11.4 Å². The van der Waals surface area contributed by atoms with E-state index < -0.39 is 0 Å². The second kappa shape index (κ2) is 5.14. The van der Waals surface area contributed by atoms with Crippen molar-refractivity contribution in [3.05, 3.63) is 47.2 Å². The first kappa shape index (κ1) is 13.3. The van der Waals surface area contributed by atoms with Crippen molar-refractivity contribution >= 4 is 15.9 Å². The quantitative estimate of drug-likeness (QED) is 0.657. The second-order valence-corrected chi connectivity index (χ2v) is 5.79. The van der Waals surface area contributed by atoms with Crippen LogP contribution in [-0.2, 0) is 7.05 Å². The Hall–Kier alpha value is -2.34. The number of halogens is 1. The van der Waals surface area contributed by atoms with Gasteiger partial charge >= 0.3 is 0 Å². The van der Waals surface area contributed by atoms with Gasteiger partial charge in [-0.2, -0.15) is 5.10 Å². The molecule has 0 atom stereocenters. The first-order valence-electron chi connectivity index (χ1n) is 6.77. The summed E-state index contributed by atoms with van der Waals surface area (Å²) >= 11 is 3.39. The number of nitrogens with zero attached hydrogens (tertiary/aromatic N) is 3. The lowest BCUT2D eigenvalue weighted by atomic mass is 10.1. The Balaban J connectivity index is 1.77. The molecule has 1 aromatic carbocycles. The fourth-order valence-corrected chi connectivity index (χ4v) is 2.86. The van der Waals surface area contributed by atoms with Gasteiger partial charge in [-0.15, -0.1) is 0 Å². The van der Waals surface area contributed by atoms with Crippen LogP contribution in [0.2, 0.25) is 0 Å². The summed E-state index contributed by atoms with van der Waals surface area (Å²) in [6.07, 6.45) is 1.76. The fourth-order valence-electron chi connectivity index (χ4n) is 2.50. The zero-order valence-corrected chi connectivity index (χ0v) is 13.4. The van der Waals surface area contributed by atoms with Gasteiger partial charge < -0.3 is 9.47 Å². The maximum Gasteiger partial charge on any atom is 0.231 e. The van der Waals surface area contributed by atoms with Crippen molar-refractivity contribution in [2.45, 2.75) is 0 Å². The van der Waals surface area contributed by atoms with Crippen molar-refractivity contribution in [1.82, 2.24) is 14.8 Å². The minimum atomic E-state index is 0.278. The third kappa shape index (κ3) is 2.25. The summed E-state index contributed by atoms with van der Waals surface area (Å²) < 4.78 is 13.4. The molecule has 110 valence electrons. The first-order chi connectivity index (χ1) is 10.7. The van der Waals surface area contributed by atoms with Crippen molar-refractivity contribution in [2.75, 3.05) is 6.79 Å². The summed E-state index contributed by atoms with van der Waals surface area (Å²) in [7, 11) is 1.93. The number of ether oxygens (including phenoxy) is 2. The monoisotopic (exact) mass is 356 g/mol. The fraction of sp³-hybridized carbons (Fsp3) is 0.125. The highest BCUT2D eigenvalue weighted by Gasteiger charge is 2.16. The van der Waals surface area contributed by atoms with Crippen molar-refractivity contribution < 1.29 is 9.47 Å². The minimum Gasteiger partial charge on any atom is -0.454 e. The molecule has 1 aliphatic heterocycles. The van der Waals surface area contributed by atoms with Gasteiger partial charge in [0.2, 0.25) is 6.79 Å². The second-order valence-electron chi connectivity index (χ2n) is 4.97. The minimum absolute atomic E-state index is 0.278. The van der Waals surface area contributed by atoms with Crippen molar-refractivity contribution in [2.24, 2.45) is 7.05 Å². The summed E-state index contributed by atoms with van der Waals surface area (Å²) in [6.45, 7) is 0.278. The molecule has 22 heavy (non-hydrogen) atoms. The molecule has 5 nitrogen and oxygen atoms in total. The van der Waals surface area contributed by atoms with Crippen LogP contribution in [0.4, 0.5) is 0 Å². The Morgan fingerprint density at radius 1 is 1.05 bits per heavy atom. The first-order valence-corrected chi connectivity index (χ1v) is 7.56. The van der Waals surface area contributed by atoms with Gasteiger partial charge in [0.25, 0.3) is 0 Å². The van der Waals surface area contributed by atoms with Gasteiger partial charge in [-0.25, -0.2) is 4.98 Å². The summed E-state index contributed by atoms with van der Waals surface area (Å²) in [5.41, 5.74) is 3.97. The van der Waals surface area contributed by atoms with Gasteiger partial charge in [-0.3, -0.25) is 4.68 Å². The highest BCUT2D eigenvalue weighted by molar-refractivity contribution is 9.10. The Morgan fingerprint density at radius 2 is 1.91 bits per heavy atom. The van der Waals surface area contributed by atoms with E-state index in [0.29, 0.717) is 0 Å². The van der Waals surface area contributed by atoms with E-state index >= 15 is 0 Å². The highest BCUT2D eigenvalue weighted by Crippen LogP contribution is 2.36. The lowest BCUT2D eigenvalue weighted by Crippen LogP contribution is -1.94. The van der Waals surface area contributed by atoms with Crippen LogP contribution in [0, 0.1) is 0 Å². The van der Waals surface area contributed by atoms with Crippen LogP contribution in [-0.4, -0.2) is 21.6 Å². The molecule has 0 saturated carbocycles. The highest BCUT2D eigenvalue weighted by atomic mass is 79.9. The van der Waals surface area contributed by atoms with E-state index in [1.807, 2.05) is 42.1 Å². The van der Waals surface area contributed by atoms with Crippen molar-refractivity contribution in [3.63, 3.8) is 0 Å². The van der Waals surface area contributed by atoms with Crippen LogP contribution in [0.15, 0.2) is 47.2 Å². The number of hydrogen-bond acceptors (Lipinski definition) is 4. The van der Waals surface area contributed by atoms with E-state index in [1.165, 1.54) is 0 Å². The summed E-state index contributed by atoms with van der Waals surface area (Å²) in [5, 5.41) is 4.59. The van der Waals surface area contributed by atoms with Crippen LogP contribution in [0.25, 0.3) is 22.5 Å². The number of rotatable bonds is 2. The molecule has 0 saturated heterocycles. The lowest BCUT2D eigenvalue weighted by molar-refractivity contribution is 0.174. The molecular formula is C16H12BrN3O2. The van der Waals surface area contributed by atoms with E-state index in [1.54, 1.807) is 6.20 Å². The average Bonchev–Trinajstić information content (AvgIpc) is 3.12. The SMILES string of the molecule is [11CH3]n1nc(-c2ccnc(Br)c2)cc1-c1ccc2c(c1)OCO2. The molecule has 3 heterocycles. The van der Waals surface area contributed by atoms with Crippen LogP contribution >= 0.6 is 15.9 Å². The molecule has 0 aliphatic carbocycles. The summed E-state index contributed by atoms with van der Waals surface area (Å²) in [5.74, 6) is 1.55. The van der Waals surface area contributed by atoms with Crippen molar-refractivity contribution in [3.8, 4) is 34.0 Å². The number of aryl methyl sites for hydroxylation is 1. The molecule has 0 spiro atoms. The Labute approximate surface area is 135 Å². The Kier molecular flexibility index (Phi) is 3.11. The van der Waals surface area contributed by atoms with Crippen LogP contribution in [0.3, 0.4) is 0 Å². The molecule has 0 fully saturated rings. The number of hydrogen-bond donors (Lipinski definition) is 0. The third-order valence-electron chi connectivity index (χ3n) is 3.57. The molecule has 0 radical (unpaired) electrons. The van der Waals surface area contributed by atoms with E-state index in [2.05, 4.69) is 32.1 Å². The molecule has 1 aliphatic rings. The summed E-state index contributed by atoms with van der Waals surface area (Å²) in [4.78, 5) is 4.14. The number of pyridine rings is 1. The standard InChI is InChI=1S/C16H12BrN3O2/c1-20-13(11-2-3-14-15(6-11)22-9-21-14)8-12(19-20)10-4-5-18-16(17)7-10/h2-8H,9H2,1H3/i1-1. The predicted octanol–water partition coefficient (Wildman–Crippen LogP) is 3.64. The van der Waals surface area contributed by atoms with Crippen molar-refractivity contribution in [1.29, 1.82) is 0 Å². The maximum absolute atomic E-state index is 5.44. The number of fused-ring (bicyclic) bond motifs is 1. The normalized spacial score (nSPS) is 12.6. The van der Waals surface area contributed by atoms with Crippen LogP contribution < -0.4 is 9.47 Å². The van der Waals surface area contributed by atoms with Gasteiger partial charge in [-0.1, -0.05) is 0 Å². The van der Waals surface area contributed by atoms with E-state index in [0.717, 1.165) is 38.6 Å². The van der Waals surface area contributed by atoms with E-state index in [-0.39, 0.29) is 6.79 Å². The Morgan fingerprint density at radius 3 is 2.77 bits per heavy atom.